The Bertz CT molecular complexity index is 131. The van der Waals surface area contributed by atoms with E-state index in [1.807, 2.05) is 0 Å². The molecule has 0 amide bonds. The van der Waals surface area contributed by atoms with Gasteiger partial charge in [-0.2, -0.15) is 0 Å². The van der Waals surface area contributed by atoms with Gasteiger partial charge in [0.2, 0.25) is 0 Å². The Hall–Kier alpha value is -0.0400. The van der Waals surface area contributed by atoms with Crippen molar-refractivity contribution in [2.24, 2.45) is 17.8 Å². The minimum Gasteiger partial charge on any atom is -0.317 e. The first kappa shape index (κ1) is 14.0. The summed E-state index contributed by atoms with van der Waals surface area (Å²) in [7, 11) is 2.10. The van der Waals surface area contributed by atoms with Crippen LogP contribution in [0.5, 0.6) is 0 Å². The largest absolute Gasteiger partial charge is 0.317 e. The van der Waals surface area contributed by atoms with Crippen molar-refractivity contribution in [2.75, 3.05) is 7.05 Å². The van der Waals surface area contributed by atoms with E-state index in [0.717, 1.165) is 17.8 Å². The lowest BCUT2D eigenvalue weighted by molar-refractivity contribution is 0.265. The fraction of sp³-hybridized carbons (Fsp3) is 1.00. The van der Waals surface area contributed by atoms with E-state index in [1.54, 1.807) is 0 Å². The summed E-state index contributed by atoms with van der Waals surface area (Å²) in [6, 6.07) is 0.691. The first-order valence-electron chi connectivity index (χ1n) is 6.20. The zero-order chi connectivity index (χ0) is 11.1. The SMILES string of the molecule is CCCC(C)CC(NC)C(C)C(C)C. The van der Waals surface area contributed by atoms with E-state index in [2.05, 4.69) is 47.0 Å². The highest BCUT2D eigenvalue weighted by Crippen LogP contribution is 2.22. The van der Waals surface area contributed by atoms with Gasteiger partial charge in [-0.15, -0.1) is 0 Å². The van der Waals surface area contributed by atoms with Crippen LogP contribution < -0.4 is 5.32 Å². The average Bonchev–Trinajstić information content (AvgIpc) is 2.13. The van der Waals surface area contributed by atoms with Gasteiger partial charge in [-0.05, 0) is 31.2 Å². The molecule has 0 aromatic carbocycles. The van der Waals surface area contributed by atoms with Crippen molar-refractivity contribution in [3.8, 4) is 0 Å². The van der Waals surface area contributed by atoms with Crippen LogP contribution in [0.1, 0.15) is 53.9 Å². The van der Waals surface area contributed by atoms with Crippen molar-refractivity contribution in [3.05, 3.63) is 0 Å². The predicted octanol–water partition coefficient (Wildman–Crippen LogP) is 3.69. The van der Waals surface area contributed by atoms with Crippen LogP contribution in [0.4, 0.5) is 0 Å². The van der Waals surface area contributed by atoms with Crippen LogP contribution in [0.15, 0.2) is 0 Å². The van der Waals surface area contributed by atoms with Crippen LogP contribution in [0.3, 0.4) is 0 Å². The molecular weight excluding hydrogens is 170 g/mol. The van der Waals surface area contributed by atoms with Gasteiger partial charge in [0.1, 0.15) is 0 Å². The molecule has 0 aromatic heterocycles. The Morgan fingerprint density at radius 3 is 2.00 bits per heavy atom. The summed E-state index contributed by atoms with van der Waals surface area (Å²) in [5, 5.41) is 3.47. The van der Waals surface area contributed by atoms with Gasteiger partial charge in [0.05, 0.1) is 0 Å². The molecule has 0 fully saturated rings. The molecule has 0 spiro atoms. The lowest BCUT2D eigenvalue weighted by Crippen LogP contribution is -2.36. The third-order valence-corrected chi connectivity index (χ3v) is 3.49. The lowest BCUT2D eigenvalue weighted by atomic mass is 9.84. The third kappa shape index (κ3) is 4.99. The summed E-state index contributed by atoms with van der Waals surface area (Å²) in [4.78, 5) is 0. The van der Waals surface area contributed by atoms with E-state index < -0.39 is 0 Å². The molecule has 0 radical (unpaired) electrons. The number of hydrogen-bond donors (Lipinski definition) is 1. The topological polar surface area (TPSA) is 12.0 Å². The summed E-state index contributed by atoms with van der Waals surface area (Å²) < 4.78 is 0. The van der Waals surface area contributed by atoms with E-state index >= 15 is 0 Å². The minimum atomic E-state index is 0.691. The fourth-order valence-corrected chi connectivity index (χ4v) is 2.10. The molecular formula is C13H29N. The first-order chi connectivity index (χ1) is 6.52. The molecule has 0 bridgehead atoms. The summed E-state index contributed by atoms with van der Waals surface area (Å²) in [6.45, 7) is 11.7. The van der Waals surface area contributed by atoms with Crippen LogP contribution >= 0.6 is 0 Å². The van der Waals surface area contributed by atoms with Gasteiger partial charge >= 0.3 is 0 Å². The Morgan fingerprint density at radius 1 is 1.07 bits per heavy atom. The molecule has 1 nitrogen and oxygen atoms in total. The molecule has 0 aliphatic rings. The minimum absolute atomic E-state index is 0.691. The molecule has 0 saturated heterocycles. The highest BCUT2D eigenvalue weighted by atomic mass is 14.9. The Labute approximate surface area is 90.7 Å². The molecule has 1 heteroatoms. The maximum absolute atomic E-state index is 3.47. The standard InChI is InChI=1S/C13H29N/c1-7-8-11(4)9-13(14-6)12(5)10(2)3/h10-14H,7-9H2,1-6H3. The summed E-state index contributed by atoms with van der Waals surface area (Å²) >= 11 is 0. The molecule has 1 N–H and O–H groups in total. The third-order valence-electron chi connectivity index (χ3n) is 3.49. The summed E-state index contributed by atoms with van der Waals surface area (Å²) in [6.07, 6.45) is 4.00. The predicted molar refractivity (Wildman–Crippen MR) is 65.5 cm³/mol. The molecule has 3 atom stereocenters. The van der Waals surface area contributed by atoms with Crippen LogP contribution in [-0.4, -0.2) is 13.1 Å². The van der Waals surface area contributed by atoms with Gasteiger partial charge in [0.25, 0.3) is 0 Å². The molecule has 0 aromatic rings. The zero-order valence-electron chi connectivity index (χ0n) is 10.9. The Morgan fingerprint density at radius 2 is 1.64 bits per heavy atom. The molecule has 0 aliphatic heterocycles. The molecule has 3 unspecified atom stereocenters. The van der Waals surface area contributed by atoms with Gasteiger partial charge in [-0.1, -0.05) is 47.5 Å². The second-order valence-electron chi connectivity index (χ2n) is 5.13. The van der Waals surface area contributed by atoms with Crippen LogP contribution in [0, 0.1) is 17.8 Å². The fourth-order valence-electron chi connectivity index (χ4n) is 2.10. The number of rotatable bonds is 7. The van der Waals surface area contributed by atoms with E-state index in [9.17, 15) is 0 Å². The maximum Gasteiger partial charge on any atom is 0.00946 e. The zero-order valence-corrected chi connectivity index (χ0v) is 10.9. The smallest absolute Gasteiger partial charge is 0.00946 e. The van der Waals surface area contributed by atoms with Crippen LogP contribution in [-0.2, 0) is 0 Å². The van der Waals surface area contributed by atoms with Crippen molar-refractivity contribution in [1.82, 2.24) is 5.32 Å². The monoisotopic (exact) mass is 199 g/mol. The molecule has 0 saturated carbocycles. The molecule has 0 heterocycles. The van der Waals surface area contributed by atoms with E-state index in [1.165, 1.54) is 19.3 Å². The van der Waals surface area contributed by atoms with Gasteiger partial charge in [0.15, 0.2) is 0 Å². The molecule has 14 heavy (non-hydrogen) atoms. The highest BCUT2D eigenvalue weighted by molar-refractivity contribution is 4.76. The number of nitrogens with one attached hydrogen (secondary N) is 1. The van der Waals surface area contributed by atoms with Gasteiger partial charge < -0.3 is 5.32 Å². The van der Waals surface area contributed by atoms with Crippen molar-refractivity contribution in [1.29, 1.82) is 0 Å². The van der Waals surface area contributed by atoms with Gasteiger partial charge in [-0.3, -0.25) is 0 Å². The molecule has 86 valence electrons. The van der Waals surface area contributed by atoms with Crippen LogP contribution in [0.25, 0.3) is 0 Å². The highest BCUT2D eigenvalue weighted by Gasteiger charge is 2.20. The molecule has 0 aliphatic carbocycles. The number of hydrogen-bond acceptors (Lipinski definition) is 1. The van der Waals surface area contributed by atoms with Crippen molar-refractivity contribution >= 4 is 0 Å². The Kier molecular flexibility index (Phi) is 7.26. The average molecular weight is 199 g/mol. The quantitative estimate of drug-likeness (QED) is 0.659. The van der Waals surface area contributed by atoms with Crippen LogP contribution in [0.2, 0.25) is 0 Å². The normalized spacial score (nSPS) is 18.2. The first-order valence-corrected chi connectivity index (χ1v) is 6.20. The second kappa shape index (κ2) is 7.28. The van der Waals surface area contributed by atoms with E-state index in [-0.39, 0.29) is 0 Å². The summed E-state index contributed by atoms with van der Waals surface area (Å²) in [5.74, 6) is 2.42. The van der Waals surface area contributed by atoms with Gasteiger partial charge in [-0.25, -0.2) is 0 Å². The molecule has 0 rings (SSSR count). The van der Waals surface area contributed by atoms with Crippen molar-refractivity contribution in [2.45, 2.75) is 59.9 Å². The lowest BCUT2D eigenvalue weighted by Gasteiger charge is -2.29. The Balaban J connectivity index is 4.01. The van der Waals surface area contributed by atoms with E-state index in [4.69, 9.17) is 0 Å². The van der Waals surface area contributed by atoms with E-state index in [0.29, 0.717) is 6.04 Å². The second-order valence-corrected chi connectivity index (χ2v) is 5.13. The summed E-state index contributed by atoms with van der Waals surface area (Å²) in [5.41, 5.74) is 0. The van der Waals surface area contributed by atoms with Gasteiger partial charge in [0, 0.05) is 6.04 Å². The maximum atomic E-state index is 3.47. The van der Waals surface area contributed by atoms with Crippen molar-refractivity contribution in [3.63, 3.8) is 0 Å². The van der Waals surface area contributed by atoms with Crippen molar-refractivity contribution < 1.29 is 0 Å².